The number of benzene rings is 1. The van der Waals surface area contributed by atoms with Crippen LogP contribution in [0.25, 0.3) is 16.7 Å². The molecule has 1 amide bonds. The molecule has 0 aliphatic carbocycles. The van der Waals surface area contributed by atoms with Crippen molar-refractivity contribution < 1.29 is 9.21 Å². The first-order valence-electron chi connectivity index (χ1n) is 9.89. The molecular formula is C23H23ClN4O2. The second kappa shape index (κ2) is 8.32. The van der Waals surface area contributed by atoms with Gasteiger partial charge in [-0.2, -0.15) is 5.10 Å². The molecule has 6 nitrogen and oxygen atoms in total. The van der Waals surface area contributed by atoms with Gasteiger partial charge in [-0.05, 0) is 57.5 Å². The van der Waals surface area contributed by atoms with Gasteiger partial charge in [-0.25, -0.2) is 9.67 Å². The van der Waals surface area contributed by atoms with Gasteiger partial charge in [0.2, 0.25) is 0 Å². The Morgan fingerprint density at radius 2 is 2.03 bits per heavy atom. The van der Waals surface area contributed by atoms with Crippen molar-refractivity contribution in [3.05, 3.63) is 76.5 Å². The number of halogens is 1. The lowest BCUT2D eigenvalue weighted by atomic mass is 10.1. The third-order valence-corrected chi connectivity index (χ3v) is 5.37. The van der Waals surface area contributed by atoms with E-state index in [2.05, 4.69) is 15.4 Å². The van der Waals surface area contributed by atoms with Gasteiger partial charge in [0.15, 0.2) is 5.65 Å². The fraction of sp³-hybridized carbons (Fsp3) is 0.261. The highest BCUT2D eigenvalue weighted by atomic mass is 35.5. The van der Waals surface area contributed by atoms with Gasteiger partial charge >= 0.3 is 0 Å². The zero-order chi connectivity index (χ0) is 21.3. The number of para-hydroxylation sites is 1. The molecule has 0 unspecified atom stereocenters. The summed E-state index contributed by atoms with van der Waals surface area (Å²) >= 11 is 6.38. The van der Waals surface area contributed by atoms with Crippen molar-refractivity contribution in [2.24, 2.45) is 0 Å². The van der Waals surface area contributed by atoms with E-state index in [1.807, 2.05) is 63.2 Å². The maximum atomic E-state index is 13.1. The Kier molecular flexibility index (Phi) is 5.59. The van der Waals surface area contributed by atoms with Crippen LogP contribution in [0.15, 0.2) is 53.1 Å². The van der Waals surface area contributed by atoms with Crippen molar-refractivity contribution in [2.75, 3.05) is 0 Å². The van der Waals surface area contributed by atoms with Crippen LogP contribution in [0.4, 0.5) is 0 Å². The number of pyridine rings is 1. The molecule has 0 radical (unpaired) electrons. The fourth-order valence-electron chi connectivity index (χ4n) is 3.57. The molecule has 0 fully saturated rings. The van der Waals surface area contributed by atoms with Crippen LogP contribution >= 0.6 is 11.6 Å². The SMILES string of the molecule is Cc1cc(C(=O)N[C@H](C)CCc2ccco2)c2c(C)nn(-c3ccccc3Cl)c2n1. The molecule has 0 spiro atoms. The van der Waals surface area contributed by atoms with Crippen LogP contribution in [0.5, 0.6) is 0 Å². The lowest BCUT2D eigenvalue weighted by molar-refractivity contribution is 0.0939. The van der Waals surface area contributed by atoms with E-state index >= 15 is 0 Å². The van der Waals surface area contributed by atoms with E-state index in [1.54, 1.807) is 10.9 Å². The average Bonchev–Trinajstić information content (AvgIpc) is 3.34. The Hall–Kier alpha value is -3.12. The van der Waals surface area contributed by atoms with Crippen LogP contribution in [-0.4, -0.2) is 26.7 Å². The number of aryl methyl sites for hydroxylation is 3. The average molecular weight is 423 g/mol. The maximum absolute atomic E-state index is 13.1. The fourth-order valence-corrected chi connectivity index (χ4v) is 3.79. The van der Waals surface area contributed by atoms with Gasteiger partial charge in [-0.15, -0.1) is 0 Å². The van der Waals surface area contributed by atoms with Crippen LogP contribution in [0.1, 0.15) is 40.9 Å². The van der Waals surface area contributed by atoms with Crippen molar-refractivity contribution in [1.82, 2.24) is 20.1 Å². The summed E-state index contributed by atoms with van der Waals surface area (Å²) in [7, 11) is 0. The molecule has 0 aliphatic rings. The summed E-state index contributed by atoms with van der Waals surface area (Å²) in [6, 6.07) is 13.1. The quantitative estimate of drug-likeness (QED) is 0.472. The summed E-state index contributed by atoms with van der Waals surface area (Å²) in [5.74, 6) is 0.773. The number of hydrogen-bond donors (Lipinski definition) is 1. The number of amides is 1. The van der Waals surface area contributed by atoms with E-state index in [-0.39, 0.29) is 11.9 Å². The predicted molar refractivity (Wildman–Crippen MR) is 117 cm³/mol. The molecule has 0 bridgehead atoms. The molecule has 7 heteroatoms. The third kappa shape index (κ3) is 3.96. The van der Waals surface area contributed by atoms with Gasteiger partial charge in [0.1, 0.15) is 5.76 Å². The van der Waals surface area contributed by atoms with Gasteiger partial charge in [0.25, 0.3) is 5.91 Å². The minimum Gasteiger partial charge on any atom is -0.469 e. The van der Waals surface area contributed by atoms with Crippen LogP contribution in [0, 0.1) is 13.8 Å². The number of nitrogens with one attached hydrogen (secondary N) is 1. The standard InChI is InChI=1S/C23H23ClN4O2/c1-14(10-11-17-7-6-12-30-17)26-23(29)18-13-15(2)25-22-21(18)16(3)27-28(22)20-9-5-4-8-19(20)24/h4-9,12-14H,10-11H2,1-3H3,(H,26,29)/t14-/m1/s1. The van der Waals surface area contributed by atoms with Gasteiger partial charge in [-0.3, -0.25) is 4.79 Å². The van der Waals surface area contributed by atoms with E-state index in [4.69, 9.17) is 16.0 Å². The van der Waals surface area contributed by atoms with Crippen LogP contribution in [0.3, 0.4) is 0 Å². The van der Waals surface area contributed by atoms with E-state index < -0.39 is 0 Å². The maximum Gasteiger partial charge on any atom is 0.252 e. The van der Waals surface area contributed by atoms with E-state index in [0.717, 1.165) is 41.1 Å². The topological polar surface area (TPSA) is 73.0 Å². The first-order chi connectivity index (χ1) is 14.4. The van der Waals surface area contributed by atoms with Crippen molar-refractivity contribution in [3.8, 4) is 5.69 Å². The summed E-state index contributed by atoms with van der Waals surface area (Å²) in [4.78, 5) is 17.8. The Labute approximate surface area is 179 Å². The minimum atomic E-state index is -0.140. The smallest absolute Gasteiger partial charge is 0.252 e. The predicted octanol–water partition coefficient (Wildman–Crippen LogP) is 5.03. The highest BCUT2D eigenvalue weighted by molar-refractivity contribution is 6.32. The lowest BCUT2D eigenvalue weighted by Crippen LogP contribution is -2.33. The summed E-state index contributed by atoms with van der Waals surface area (Å²) < 4.78 is 7.08. The number of carbonyl (C=O) groups is 1. The third-order valence-electron chi connectivity index (χ3n) is 5.05. The molecule has 0 aliphatic heterocycles. The molecule has 1 N–H and O–H groups in total. The first kappa shape index (κ1) is 20.2. The largest absolute Gasteiger partial charge is 0.469 e. The second-order valence-corrected chi connectivity index (χ2v) is 7.86. The molecule has 4 aromatic rings. The molecule has 3 heterocycles. The molecule has 1 atom stereocenters. The van der Waals surface area contributed by atoms with Gasteiger partial charge in [0.05, 0.1) is 33.6 Å². The lowest BCUT2D eigenvalue weighted by Gasteiger charge is -2.14. The summed E-state index contributed by atoms with van der Waals surface area (Å²) in [6.45, 7) is 5.74. The van der Waals surface area contributed by atoms with E-state index in [9.17, 15) is 4.79 Å². The molecule has 4 rings (SSSR count). The zero-order valence-electron chi connectivity index (χ0n) is 17.1. The molecule has 3 aromatic heterocycles. The molecule has 154 valence electrons. The van der Waals surface area contributed by atoms with Gasteiger partial charge < -0.3 is 9.73 Å². The van der Waals surface area contributed by atoms with Gasteiger partial charge in [0, 0.05) is 18.2 Å². The summed E-state index contributed by atoms with van der Waals surface area (Å²) in [6.07, 6.45) is 3.21. The van der Waals surface area contributed by atoms with Crippen LogP contribution in [-0.2, 0) is 6.42 Å². The van der Waals surface area contributed by atoms with E-state index in [1.165, 1.54) is 0 Å². The number of carbonyl (C=O) groups excluding carboxylic acids is 1. The number of fused-ring (bicyclic) bond motifs is 1. The van der Waals surface area contributed by atoms with Crippen molar-refractivity contribution in [2.45, 2.75) is 39.7 Å². The molecule has 30 heavy (non-hydrogen) atoms. The number of aromatic nitrogens is 3. The van der Waals surface area contributed by atoms with Crippen molar-refractivity contribution in [3.63, 3.8) is 0 Å². The summed E-state index contributed by atoms with van der Waals surface area (Å²) in [5, 5.41) is 9.03. The Balaban J connectivity index is 1.66. The van der Waals surface area contributed by atoms with E-state index in [0.29, 0.717) is 16.2 Å². The van der Waals surface area contributed by atoms with Crippen molar-refractivity contribution in [1.29, 1.82) is 0 Å². The monoisotopic (exact) mass is 422 g/mol. The molecular weight excluding hydrogens is 400 g/mol. The number of hydrogen-bond acceptors (Lipinski definition) is 4. The first-order valence-corrected chi connectivity index (χ1v) is 10.3. The Morgan fingerprint density at radius 1 is 1.23 bits per heavy atom. The molecule has 1 aromatic carbocycles. The number of rotatable bonds is 6. The van der Waals surface area contributed by atoms with Crippen molar-refractivity contribution >= 4 is 28.5 Å². The highest BCUT2D eigenvalue weighted by Crippen LogP contribution is 2.28. The van der Waals surface area contributed by atoms with Crippen LogP contribution < -0.4 is 5.32 Å². The number of nitrogens with zero attached hydrogens (tertiary/aromatic N) is 3. The molecule has 0 saturated carbocycles. The Morgan fingerprint density at radius 3 is 2.77 bits per heavy atom. The zero-order valence-corrected chi connectivity index (χ0v) is 17.9. The number of furan rings is 1. The van der Waals surface area contributed by atoms with Crippen LogP contribution in [0.2, 0.25) is 5.02 Å². The Bertz CT molecular complexity index is 1200. The second-order valence-electron chi connectivity index (χ2n) is 7.45. The normalized spacial score (nSPS) is 12.3. The highest BCUT2D eigenvalue weighted by Gasteiger charge is 2.21. The minimum absolute atomic E-state index is 0.00922. The molecule has 0 saturated heterocycles. The summed E-state index contributed by atoms with van der Waals surface area (Å²) in [5.41, 5.74) is 3.38. The van der Waals surface area contributed by atoms with Gasteiger partial charge in [-0.1, -0.05) is 23.7 Å².